The normalized spacial score (nSPS) is 16.1. The van der Waals surface area contributed by atoms with Crippen molar-refractivity contribution < 1.29 is 65.9 Å². The Morgan fingerprint density at radius 3 is 1.25 bits per heavy atom. The summed E-state index contributed by atoms with van der Waals surface area (Å²) >= 11 is 0. The van der Waals surface area contributed by atoms with Gasteiger partial charge in [-0.2, -0.15) is 65.9 Å². The van der Waals surface area contributed by atoms with Crippen LogP contribution in [0.4, 0.5) is 65.9 Å². The topological polar surface area (TPSA) is 0 Å². The standard InChI is InChI=1S/C13H11F15/c1-2-3-4-5-6-7(14,15)8(16,17)9(18,19)10(20,21)11(22,23)12(24,25)13(26,27)28/h5-6H,2-4H2,1H3. The number of allylic oxidation sites excluding steroid dienone is 2. The molecule has 0 atom stereocenters. The van der Waals surface area contributed by atoms with Crippen LogP contribution in [0, 0.1) is 0 Å². The fourth-order valence-electron chi connectivity index (χ4n) is 1.64. The molecule has 28 heavy (non-hydrogen) atoms. The Morgan fingerprint density at radius 2 is 0.893 bits per heavy atom. The predicted molar refractivity (Wildman–Crippen MR) is 64.4 cm³/mol. The van der Waals surface area contributed by atoms with Gasteiger partial charge in [0.2, 0.25) is 0 Å². The molecule has 0 aromatic carbocycles. The third-order valence-electron chi connectivity index (χ3n) is 3.40. The van der Waals surface area contributed by atoms with Crippen LogP contribution < -0.4 is 0 Å². The maximum absolute atomic E-state index is 13.3. The van der Waals surface area contributed by atoms with E-state index in [1.54, 1.807) is 0 Å². The molecule has 0 unspecified atom stereocenters. The summed E-state index contributed by atoms with van der Waals surface area (Å²) in [5.41, 5.74) is 0. The van der Waals surface area contributed by atoms with Gasteiger partial charge in [-0.25, -0.2) is 0 Å². The van der Waals surface area contributed by atoms with E-state index >= 15 is 0 Å². The van der Waals surface area contributed by atoms with Crippen molar-refractivity contribution in [3.05, 3.63) is 12.2 Å². The quantitative estimate of drug-likeness (QED) is 0.199. The number of halogens is 15. The van der Waals surface area contributed by atoms with Crippen molar-refractivity contribution in [2.24, 2.45) is 0 Å². The molecule has 0 aromatic rings. The lowest BCUT2D eigenvalue weighted by molar-refractivity contribution is -0.449. The molecule has 0 amide bonds. The summed E-state index contributed by atoms with van der Waals surface area (Å²) in [6.45, 7) is 1.47. The zero-order chi connectivity index (χ0) is 23.0. The highest BCUT2D eigenvalue weighted by Crippen LogP contribution is 2.62. The number of unbranched alkanes of at least 4 members (excludes halogenated alkanes) is 2. The summed E-state index contributed by atoms with van der Waals surface area (Å²) in [7, 11) is 0. The van der Waals surface area contributed by atoms with E-state index in [2.05, 4.69) is 0 Å². The molecule has 0 rings (SSSR count). The largest absolute Gasteiger partial charge is 0.460 e. The first-order valence-electron chi connectivity index (χ1n) is 7.07. The monoisotopic (exact) mass is 452 g/mol. The molecule has 0 saturated heterocycles. The fraction of sp³-hybridized carbons (Fsp3) is 0.846. The van der Waals surface area contributed by atoms with Crippen molar-refractivity contribution in [1.29, 1.82) is 0 Å². The van der Waals surface area contributed by atoms with Crippen LogP contribution in [-0.4, -0.2) is 41.7 Å². The first kappa shape index (κ1) is 26.7. The van der Waals surface area contributed by atoms with E-state index < -0.39 is 54.2 Å². The van der Waals surface area contributed by atoms with Gasteiger partial charge in [0.25, 0.3) is 0 Å². The fourth-order valence-corrected chi connectivity index (χ4v) is 1.64. The van der Waals surface area contributed by atoms with Crippen LogP contribution in [0.5, 0.6) is 0 Å². The summed E-state index contributed by atoms with van der Waals surface area (Å²) < 4.78 is 193. The molecule has 0 fully saturated rings. The minimum Gasteiger partial charge on any atom is -0.195 e. The summed E-state index contributed by atoms with van der Waals surface area (Å²) in [4.78, 5) is 0. The van der Waals surface area contributed by atoms with Crippen molar-refractivity contribution in [3.63, 3.8) is 0 Å². The van der Waals surface area contributed by atoms with E-state index in [1.165, 1.54) is 6.92 Å². The first-order chi connectivity index (χ1) is 12.1. The van der Waals surface area contributed by atoms with Gasteiger partial charge >= 0.3 is 41.7 Å². The minimum absolute atomic E-state index is 0.0284. The van der Waals surface area contributed by atoms with Crippen molar-refractivity contribution in [2.45, 2.75) is 67.9 Å². The Hall–Kier alpha value is -1.31. The van der Waals surface area contributed by atoms with Crippen LogP contribution >= 0.6 is 0 Å². The highest BCUT2D eigenvalue weighted by Gasteiger charge is 2.93. The van der Waals surface area contributed by atoms with Gasteiger partial charge in [-0.05, 0) is 12.5 Å². The van der Waals surface area contributed by atoms with Crippen molar-refractivity contribution in [2.75, 3.05) is 0 Å². The summed E-state index contributed by atoms with van der Waals surface area (Å²) in [6.07, 6.45) is -8.69. The molecule has 0 aliphatic heterocycles. The summed E-state index contributed by atoms with van der Waals surface area (Å²) in [6, 6.07) is 0. The molecule has 0 radical (unpaired) electrons. The third kappa shape index (κ3) is 3.89. The van der Waals surface area contributed by atoms with Crippen molar-refractivity contribution in [3.8, 4) is 0 Å². The maximum Gasteiger partial charge on any atom is 0.460 e. The Kier molecular flexibility index (Phi) is 7.15. The lowest BCUT2D eigenvalue weighted by Crippen LogP contribution is -2.72. The predicted octanol–water partition coefficient (Wildman–Crippen LogP) is 7.11. The van der Waals surface area contributed by atoms with Crippen molar-refractivity contribution in [1.82, 2.24) is 0 Å². The molecule has 0 aromatic heterocycles. The Morgan fingerprint density at radius 1 is 0.536 bits per heavy atom. The molecule has 0 saturated carbocycles. The average Bonchev–Trinajstić information content (AvgIpc) is 2.49. The van der Waals surface area contributed by atoms with Crippen LogP contribution in [0.2, 0.25) is 0 Å². The summed E-state index contributed by atoms with van der Waals surface area (Å²) in [5.74, 6) is -46.2. The van der Waals surface area contributed by atoms with Gasteiger partial charge in [0.1, 0.15) is 0 Å². The first-order valence-corrected chi connectivity index (χ1v) is 7.07. The molecular weight excluding hydrogens is 441 g/mol. The molecule has 0 heterocycles. The van der Waals surface area contributed by atoms with Crippen LogP contribution in [0.3, 0.4) is 0 Å². The van der Waals surface area contributed by atoms with Crippen LogP contribution in [0.25, 0.3) is 0 Å². The Balaban J connectivity index is 6.28. The molecule has 168 valence electrons. The maximum atomic E-state index is 13.3. The van der Waals surface area contributed by atoms with E-state index in [9.17, 15) is 65.9 Å². The minimum atomic E-state index is -8.23. The highest BCUT2D eigenvalue weighted by molar-refractivity contribution is 5.16. The molecule has 0 aliphatic carbocycles. The number of rotatable bonds is 9. The molecular formula is C13H11F15. The van der Waals surface area contributed by atoms with Crippen LogP contribution in [0.15, 0.2) is 12.2 Å². The number of hydrogen-bond donors (Lipinski definition) is 0. The van der Waals surface area contributed by atoms with Crippen LogP contribution in [-0.2, 0) is 0 Å². The van der Waals surface area contributed by atoms with Gasteiger partial charge in [0.05, 0.1) is 0 Å². The van der Waals surface area contributed by atoms with Gasteiger partial charge in [-0.15, -0.1) is 0 Å². The van der Waals surface area contributed by atoms with Crippen molar-refractivity contribution >= 4 is 0 Å². The van der Waals surface area contributed by atoms with Gasteiger partial charge < -0.3 is 0 Å². The zero-order valence-electron chi connectivity index (χ0n) is 13.4. The highest BCUT2D eigenvalue weighted by atomic mass is 19.4. The third-order valence-corrected chi connectivity index (χ3v) is 3.40. The lowest BCUT2D eigenvalue weighted by Gasteiger charge is -2.41. The SMILES string of the molecule is CCCCC=CC(F)(F)C(F)(F)C(F)(F)C(F)(F)C(F)(F)C(F)(F)C(F)(F)F. The number of hydrogen-bond acceptors (Lipinski definition) is 0. The van der Waals surface area contributed by atoms with E-state index in [0.717, 1.165) is 0 Å². The second-order valence-electron chi connectivity index (χ2n) is 5.54. The lowest BCUT2D eigenvalue weighted by atomic mass is 9.91. The van der Waals surface area contributed by atoms with Gasteiger partial charge in [-0.3, -0.25) is 0 Å². The van der Waals surface area contributed by atoms with E-state index in [4.69, 9.17) is 0 Å². The number of alkyl halides is 15. The smallest absolute Gasteiger partial charge is 0.195 e. The van der Waals surface area contributed by atoms with Gasteiger partial charge in [-0.1, -0.05) is 25.8 Å². The van der Waals surface area contributed by atoms with Gasteiger partial charge in [0.15, 0.2) is 0 Å². The molecule has 15 heteroatoms. The second-order valence-corrected chi connectivity index (χ2v) is 5.54. The molecule has 0 nitrogen and oxygen atoms in total. The van der Waals surface area contributed by atoms with E-state index in [0.29, 0.717) is 0 Å². The van der Waals surface area contributed by atoms with Crippen LogP contribution in [0.1, 0.15) is 26.2 Å². The van der Waals surface area contributed by atoms with Gasteiger partial charge in [0, 0.05) is 0 Å². The Labute approximate surface area is 147 Å². The van der Waals surface area contributed by atoms with E-state index in [-0.39, 0.29) is 18.9 Å². The second kappa shape index (κ2) is 7.50. The molecule has 0 bridgehead atoms. The molecule has 0 N–H and O–H groups in total. The molecule has 0 aliphatic rings. The Bertz CT molecular complexity index is 555. The molecule has 0 spiro atoms. The average molecular weight is 452 g/mol. The van der Waals surface area contributed by atoms with E-state index in [1.807, 2.05) is 0 Å². The summed E-state index contributed by atoms with van der Waals surface area (Å²) in [5, 5.41) is 0. The zero-order valence-corrected chi connectivity index (χ0v) is 13.4.